The van der Waals surface area contributed by atoms with Crippen molar-refractivity contribution in [2.24, 2.45) is 11.8 Å². The fraction of sp³-hybridized carbons (Fsp3) is 0.500. The first-order chi connectivity index (χ1) is 39.0. The van der Waals surface area contributed by atoms with E-state index in [1.54, 1.807) is 13.9 Å². The number of hydrogen-bond donors (Lipinski definition) is 3. The second-order valence-corrected chi connectivity index (χ2v) is 22.6. The molecule has 1 amide bonds. The number of anilines is 4. The molecule has 21 heteroatoms. The Morgan fingerprint density at radius 1 is 0.630 bits per heavy atom. The summed E-state index contributed by atoms with van der Waals surface area (Å²) in [6, 6.07) is 15.8. The van der Waals surface area contributed by atoms with Gasteiger partial charge in [-0.3, -0.25) is 19.2 Å². The minimum absolute atomic E-state index is 0.0417. The molecule has 3 N–H and O–H groups in total. The summed E-state index contributed by atoms with van der Waals surface area (Å²) in [7, 11) is 4.25. The average molecular weight is 1130 g/mol. The van der Waals surface area contributed by atoms with E-state index in [4.69, 9.17) is 41.0 Å². The van der Waals surface area contributed by atoms with Crippen LogP contribution in [0.1, 0.15) is 136 Å². The van der Waals surface area contributed by atoms with Crippen molar-refractivity contribution in [3.63, 3.8) is 0 Å². The molecule has 6 aromatic rings. The Balaban J connectivity index is 0.000000197. The molecular weight excluding hydrogens is 1050 g/mol. The predicted molar refractivity (Wildman–Crippen MR) is 316 cm³/mol. The van der Waals surface area contributed by atoms with E-state index in [0.717, 1.165) is 130 Å². The van der Waals surface area contributed by atoms with E-state index < -0.39 is 5.24 Å². The maximum atomic E-state index is 13.2. The molecule has 0 spiro atoms. The molecule has 432 valence electrons. The van der Waals surface area contributed by atoms with E-state index in [1.165, 1.54) is 6.08 Å². The Hall–Kier alpha value is -7.13. The smallest absolute Gasteiger partial charge is 0.322 e. The van der Waals surface area contributed by atoms with Crippen molar-refractivity contribution < 1.29 is 28.7 Å². The molecule has 0 bridgehead atoms. The highest BCUT2D eigenvalue weighted by molar-refractivity contribution is 6.66. The number of hydrogen-bond acceptors (Lipinski definition) is 17. The molecule has 2 aromatic carbocycles. The number of likely N-dealkylation sites (tertiary alicyclic amines) is 3. The second-order valence-electron chi connectivity index (χ2n) is 22.2. The number of allylic oxidation sites excluding steroid dienone is 1. The molecule has 0 aliphatic carbocycles. The Kier molecular flexibility index (Phi) is 21.1. The lowest BCUT2D eigenvalue weighted by molar-refractivity contribution is -0.127. The van der Waals surface area contributed by atoms with Crippen LogP contribution in [0, 0.1) is 11.8 Å². The number of rotatable bonds is 18. The number of ketones is 2. The molecule has 20 nitrogen and oxygen atoms in total. The maximum absolute atomic E-state index is 13.2. The van der Waals surface area contributed by atoms with Gasteiger partial charge in [-0.2, -0.15) is 39.2 Å². The number of Topliss-reactive ketones (excluding diaryl/α,β-unsaturated/α-hetero) is 2. The van der Waals surface area contributed by atoms with Crippen molar-refractivity contribution in [2.45, 2.75) is 116 Å². The summed E-state index contributed by atoms with van der Waals surface area (Å²) in [5.41, 5.74) is 6.40. The van der Waals surface area contributed by atoms with Crippen molar-refractivity contribution in [1.82, 2.24) is 59.2 Å². The summed E-state index contributed by atoms with van der Waals surface area (Å²) < 4.78 is 15.9. The molecule has 0 saturated carbocycles. The number of carbonyl (C=O) groups excluding carboxylic acids is 4. The first-order valence-electron chi connectivity index (χ1n) is 28.5. The molecule has 0 radical (unpaired) electrons. The number of benzene rings is 2. The van der Waals surface area contributed by atoms with Crippen LogP contribution in [0.25, 0.3) is 11.3 Å². The fourth-order valence-corrected chi connectivity index (χ4v) is 10.5. The molecule has 8 heterocycles. The van der Waals surface area contributed by atoms with Gasteiger partial charge < -0.3 is 40.1 Å². The van der Waals surface area contributed by atoms with Crippen LogP contribution in [0.3, 0.4) is 0 Å². The van der Waals surface area contributed by atoms with E-state index in [9.17, 15) is 19.2 Å². The molecule has 0 atom stereocenters. The highest BCUT2D eigenvalue weighted by Gasteiger charge is 2.27. The van der Waals surface area contributed by atoms with E-state index in [2.05, 4.69) is 90.9 Å². The largest absolute Gasteiger partial charge is 0.460 e. The molecule has 4 aliphatic heterocycles. The molecular formula is C60H79ClN14O6. The van der Waals surface area contributed by atoms with Crippen molar-refractivity contribution in [3.8, 4) is 12.0 Å². The summed E-state index contributed by atoms with van der Waals surface area (Å²) >= 11 is 4.71. The number of nitrogens with zero attached hydrogens (tertiary/aromatic N) is 11. The van der Waals surface area contributed by atoms with Crippen LogP contribution < -0.4 is 25.4 Å². The molecule has 0 unspecified atom stereocenters. The lowest BCUT2D eigenvalue weighted by Gasteiger charge is -2.31. The average Bonchev–Trinajstić information content (AvgIpc) is 4.11. The van der Waals surface area contributed by atoms with Crippen LogP contribution >= 0.6 is 11.6 Å². The number of ether oxygens (including phenoxy) is 2. The van der Waals surface area contributed by atoms with Gasteiger partial charge in [-0.25, -0.2) is 0 Å². The predicted octanol–water partition coefficient (Wildman–Crippen LogP) is 9.44. The summed E-state index contributed by atoms with van der Waals surface area (Å²) in [5, 5.41) is 18.7. The molecule has 4 aliphatic rings. The minimum Gasteiger partial charge on any atom is -0.460 e. The highest BCUT2D eigenvalue weighted by atomic mass is 35.5. The monoisotopic (exact) mass is 1130 g/mol. The van der Waals surface area contributed by atoms with Crippen LogP contribution in [0.2, 0.25) is 0 Å². The van der Waals surface area contributed by atoms with Gasteiger partial charge in [0, 0.05) is 85.7 Å². The Morgan fingerprint density at radius 3 is 1.44 bits per heavy atom. The zero-order chi connectivity index (χ0) is 57.6. The van der Waals surface area contributed by atoms with Gasteiger partial charge in [-0.15, -0.1) is 0 Å². The lowest BCUT2D eigenvalue weighted by atomic mass is 9.89. The van der Waals surface area contributed by atoms with Crippen molar-refractivity contribution >= 4 is 68.9 Å². The van der Waals surface area contributed by atoms with Gasteiger partial charge in [0.15, 0.2) is 22.9 Å². The first-order valence-corrected chi connectivity index (χ1v) is 28.9. The van der Waals surface area contributed by atoms with Gasteiger partial charge in [0.1, 0.15) is 12.2 Å². The van der Waals surface area contributed by atoms with E-state index >= 15 is 0 Å². The normalized spacial score (nSPS) is 17.0. The topological polar surface area (TPSA) is 219 Å². The maximum Gasteiger partial charge on any atom is 0.322 e. The van der Waals surface area contributed by atoms with Crippen molar-refractivity contribution in [1.29, 1.82) is 0 Å². The Morgan fingerprint density at radius 2 is 1.05 bits per heavy atom. The van der Waals surface area contributed by atoms with Gasteiger partial charge in [0.2, 0.25) is 23.0 Å². The number of nitrogens with one attached hydrogen (secondary N) is 3. The van der Waals surface area contributed by atoms with Crippen molar-refractivity contribution in [3.05, 3.63) is 108 Å². The molecule has 10 rings (SSSR count). The third kappa shape index (κ3) is 16.5. The molecule has 4 aromatic heterocycles. The van der Waals surface area contributed by atoms with Crippen LogP contribution in [-0.2, 0) is 9.59 Å². The highest BCUT2D eigenvalue weighted by Crippen LogP contribution is 2.30. The number of piperidine rings is 4. The van der Waals surface area contributed by atoms with Gasteiger partial charge in [-0.05, 0) is 150 Å². The third-order valence-electron chi connectivity index (χ3n) is 15.4. The van der Waals surface area contributed by atoms with E-state index in [-0.39, 0.29) is 47.4 Å². The standard InChI is InChI=1S/C30H39N7O3.C27H37N7O2.C3H3ClO/c1-5-27(39)36-15-9-21(10-16-36)17-26(38)22-7-6-8-23(18-22)32-29-34-30(40-24-11-13-35(4)14-12-24)33-28-25(20(2)3)19-31-37(28)29;1-18(2)23-17-29-34-25(23)31-27(36-22-9-13-33(3)14-10-22)32-26(34)30-21-6-4-5-20(16-21)24(35)15-19-7-11-28-12-8-19;1-2-3(4)5/h5-8,18-21,24H,1,9-17H2,2-4H3,(H,32,33,34);4-6,16-19,22,28H,7-15H2,1-3H3,(H,30,31,32);2H,1H2. The lowest BCUT2D eigenvalue weighted by Crippen LogP contribution is -2.37. The summed E-state index contributed by atoms with van der Waals surface area (Å²) in [4.78, 5) is 72.8. The zero-order valence-electron chi connectivity index (χ0n) is 47.8. The molecule has 4 fully saturated rings. The molecule has 4 saturated heterocycles. The summed E-state index contributed by atoms with van der Waals surface area (Å²) in [6.45, 7) is 22.4. The quantitative estimate of drug-likeness (QED) is 0.0415. The number of amides is 1. The third-order valence-corrected chi connectivity index (χ3v) is 15.6. The first kappa shape index (κ1) is 60.0. The Labute approximate surface area is 480 Å². The van der Waals surface area contributed by atoms with Crippen molar-refractivity contribution in [2.75, 3.05) is 77.1 Å². The number of carbonyl (C=O) groups is 4. The van der Waals surface area contributed by atoms with Crippen LogP contribution in [-0.4, -0.2) is 155 Å². The number of fused-ring (bicyclic) bond motifs is 2. The minimum atomic E-state index is -0.509. The van der Waals surface area contributed by atoms with E-state index in [0.29, 0.717) is 67.0 Å². The Bertz CT molecular complexity index is 3130. The number of aromatic nitrogens is 8. The number of halogens is 1. The van der Waals surface area contributed by atoms with E-state index in [1.807, 2.05) is 60.9 Å². The van der Waals surface area contributed by atoms with Gasteiger partial charge in [-0.1, -0.05) is 65.1 Å². The second kappa shape index (κ2) is 28.5. The van der Waals surface area contributed by atoms with Gasteiger partial charge in [0.25, 0.3) is 0 Å². The van der Waals surface area contributed by atoms with Crippen LogP contribution in [0.15, 0.2) is 86.2 Å². The summed E-state index contributed by atoms with van der Waals surface area (Å²) in [6.07, 6.45) is 14.8. The van der Waals surface area contributed by atoms with Crippen LogP contribution in [0.4, 0.5) is 23.3 Å². The zero-order valence-corrected chi connectivity index (χ0v) is 48.5. The van der Waals surface area contributed by atoms with Gasteiger partial charge in [0.05, 0.1) is 12.4 Å². The SMILES string of the molecule is C=CC(=O)Cl.C=CC(=O)N1CCC(CC(=O)c2cccc(Nc3nc(OC4CCN(C)CC4)nc4c(C(C)C)cnn34)c2)CC1.CC(C)c1cnn2c(Nc3cccc(C(=O)CC4CCNCC4)c3)nc(OC3CCN(C)CC3)nc12. The summed E-state index contributed by atoms with van der Waals surface area (Å²) in [5.74, 6) is 2.47. The fourth-order valence-electron chi connectivity index (χ4n) is 10.5. The molecule has 81 heavy (non-hydrogen) atoms. The van der Waals surface area contributed by atoms with Gasteiger partial charge >= 0.3 is 12.0 Å². The van der Waals surface area contributed by atoms with Crippen LogP contribution in [0.5, 0.6) is 12.0 Å².